The van der Waals surface area contributed by atoms with E-state index in [0.29, 0.717) is 12.0 Å². The average molecular weight is 302 g/mol. The van der Waals surface area contributed by atoms with E-state index in [1.807, 2.05) is 0 Å². The van der Waals surface area contributed by atoms with Crippen molar-refractivity contribution in [2.45, 2.75) is 27.2 Å². The second-order valence-electron chi connectivity index (χ2n) is 4.05. The van der Waals surface area contributed by atoms with Crippen LogP contribution in [0.15, 0.2) is 12.1 Å². The smallest absolute Gasteiger partial charge is 0.274 e. The van der Waals surface area contributed by atoms with Gasteiger partial charge in [-0.25, -0.2) is 14.6 Å². The molecule has 1 aromatic rings. The first-order chi connectivity index (χ1) is 9.33. The highest BCUT2D eigenvalue weighted by atomic mass is 35.5. The van der Waals surface area contributed by atoms with Gasteiger partial charge in [0.15, 0.2) is 0 Å². The molecule has 7 heteroatoms. The summed E-state index contributed by atoms with van der Waals surface area (Å²) in [5.41, 5.74) is 0.185. The Kier molecular flexibility index (Phi) is 5.21. The van der Waals surface area contributed by atoms with Crippen LogP contribution in [0.25, 0.3) is 0 Å². The lowest BCUT2D eigenvalue weighted by atomic mass is 10.0. The average Bonchev–Trinajstić information content (AvgIpc) is 2.38. The van der Waals surface area contributed by atoms with E-state index in [2.05, 4.69) is 4.94 Å². The van der Waals surface area contributed by atoms with Crippen molar-refractivity contribution >= 4 is 35.1 Å². The van der Waals surface area contributed by atoms with Crippen LogP contribution in [-0.2, 0) is 21.0 Å². The summed E-state index contributed by atoms with van der Waals surface area (Å²) in [4.78, 5) is 38.7. The number of halogens is 2. The van der Waals surface area contributed by atoms with Crippen molar-refractivity contribution in [2.24, 2.45) is 0 Å². The van der Waals surface area contributed by atoms with Crippen molar-refractivity contribution < 1.29 is 23.9 Å². The zero-order chi connectivity index (χ0) is 15.4. The Bertz CT molecular complexity index is 560. The van der Waals surface area contributed by atoms with Gasteiger partial charge in [0.1, 0.15) is 0 Å². The maximum Gasteiger partial charge on any atom is 0.381 e. The molecule has 20 heavy (non-hydrogen) atoms. The molecule has 0 aliphatic carbocycles. The number of hydrogen-bond donors (Lipinski definition) is 0. The molecule has 0 saturated carbocycles. The van der Waals surface area contributed by atoms with Gasteiger partial charge in [0.05, 0.1) is 11.3 Å². The Morgan fingerprint density at radius 1 is 1.25 bits per heavy atom. The zero-order valence-corrected chi connectivity index (χ0v) is 12.0. The van der Waals surface area contributed by atoms with E-state index in [1.54, 1.807) is 6.92 Å². The number of benzene rings is 1. The molecule has 0 heterocycles. The number of nitrogens with zero attached hydrogens (tertiary/aromatic N) is 1. The van der Waals surface area contributed by atoms with Gasteiger partial charge in [0.25, 0.3) is 0 Å². The van der Waals surface area contributed by atoms with Crippen LogP contribution < -0.4 is 4.90 Å². The first kappa shape index (κ1) is 16.1. The number of hydrogen-bond acceptors (Lipinski definition) is 4. The molecular weight excluding hydrogens is 289 g/mol. The van der Waals surface area contributed by atoms with Gasteiger partial charge in [-0.2, -0.15) is 0 Å². The molecule has 0 spiro atoms. The minimum Gasteiger partial charge on any atom is -0.274 e. The van der Waals surface area contributed by atoms with Gasteiger partial charge in [-0.05, 0) is 24.1 Å². The van der Waals surface area contributed by atoms with E-state index in [1.165, 1.54) is 19.9 Å². The maximum atomic E-state index is 12.2. The Balaban J connectivity index is 3.67. The van der Waals surface area contributed by atoms with Crippen molar-refractivity contribution in [2.75, 3.05) is 4.90 Å². The van der Waals surface area contributed by atoms with E-state index >= 15 is 0 Å². The van der Waals surface area contributed by atoms with Crippen LogP contribution in [0.1, 0.15) is 36.7 Å². The first-order valence-corrected chi connectivity index (χ1v) is 6.17. The van der Waals surface area contributed by atoms with Gasteiger partial charge in [-0.3, -0.25) is 9.59 Å². The second-order valence-corrected chi connectivity index (χ2v) is 4.49. The van der Waals surface area contributed by atoms with Gasteiger partial charge in [-0.1, -0.05) is 18.5 Å². The highest BCUT2D eigenvalue weighted by Crippen LogP contribution is 2.31. The van der Waals surface area contributed by atoms with Crippen LogP contribution in [0.4, 0.5) is 10.2 Å². The number of carbonyl (C=O) groups excluding carboxylic acids is 3. The largest absolute Gasteiger partial charge is 0.381 e. The van der Waals surface area contributed by atoms with Crippen molar-refractivity contribution in [1.29, 1.82) is 0 Å². The molecule has 0 aromatic heterocycles. The topological polar surface area (TPSA) is 63.7 Å². The summed E-state index contributed by atoms with van der Waals surface area (Å²) >= 11 is 5.85. The normalized spacial score (nSPS) is 10.1. The van der Waals surface area contributed by atoms with Crippen LogP contribution in [0, 0.1) is 0 Å². The number of anilines is 1. The van der Waals surface area contributed by atoms with Gasteiger partial charge in [0.2, 0.25) is 11.8 Å². The van der Waals surface area contributed by atoms with Crippen molar-refractivity contribution in [3.8, 4) is 0 Å². The standard InChI is InChI=1S/C13H13ClFNO4/c1-4-9-5-10(14)6-11(13(19)20-15)12(9)16(7(2)17)8(3)18/h5-6H,4H2,1-3H3. The molecule has 1 aromatic carbocycles. The maximum absolute atomic E-state index is 12.2. The molecule has 0 fully saturated rings. The number of imide groups is 1. The minimum absolute atomic E-state index is 0.000417. The molecule has 0 aliphatic heterocycles. The van der Waals surface area contributed by atoms with E-state index in [4.69, 9.17) is 11.6 Å². The molecule has 0 atom stereocenters. The van der Waals surface area contributed by atoms with Crippen LogP contribution in [-0.4, -0.2) is 17.8 Å². The molecule has 5 nitrogen and oxygen atoms in total. The van der Waals surface area contributed by atoms with Crippen LogP contribution in [0.3, 0.4) is 0 Å². The second kappa shape index (κ2) is 6.47. The summed E-state index contributed by atoms with van der Waals surface area (Å²) in [7, 11) is 0. The molecule has 0 saturated heterocycles. The monoisotopic (exact) mass is 301 g/mol. The summed E-state index contributed by atoms with van der Waals surface area (Å²) in [5, 5.41) is 0.179. The van der Waals surface area contributed by atoms with Gasteiger partial charge < -0.3 is 0 Å². The fourth-order valence-corrected chi connectivity index (χ4v) is 2.16. The predicted octanol–water partition coefficient (Wildman–Crippen LogP) is 2.84. The van der Waals surface area contributed by atoms with Gasteiger partial charge in [0, 0.05) is 23.4 Å². The fraction of sp³-hybridized carbons (Fsp3) is 0.308. The molecule has 0 unspecified atom stereocenters. The predicted molar refractivity (Wildman–Crippen MR) is 71.2 cm³/mol. The van der Waals surface area contributed by atoms with Crippen molar-refractivity contribution in [1.82, 2.24) is 0 Å². The highest BCUT2D eigenvalue weighted by Gasteiger charge is 2.27. The SMILES string of the molecule is CCc1cc(Cl)cc(C(=O)OF)c1N(C(C)=O)C(C)=O. The van der Waals surface area contributed by atoms with E-state index in [-0.39, 0.29) is 16.3 Å². The van der Waals surface area contributed by atoms with Crippen molar-refractivity contribution in [3.63, 3.8) is 0 Å². The van der Waals surface area contributed by atoms with Crippen LogP contribution >= 0.6 is 11.6 Å². The van der Waals surface area contributed by atoms with Crippen LogP contribution in [0.5, 0.6) is 0 Å². The third-order valence-corrected chi connectivity index (χ3v) is 2.90. The number of carbonyl (C=O) groups is 3. The lowest BCUT2D eigenvalue weighted by Gasteiger charge is -2.22. The molecule has 108 valence electrons. The molecule has 0 radical (unpaired) electrons. The Morgan fingerprint density at radius 3 is 2.20 bits per heavy atom. The summed E-state index contributed by atoms with van der Waals surface area (Å²) in [6.07, 6.45) is 0.388. The third-order valence-electron chi connectivity index (χ3n) is 2.68. The van der Waals surface area contributed by atoms with Crippen LogP contribution in [0.2, 0.25) is 5.02 Å². The Labute approximate surface area is 120 Å². The minimum atomic E-state index is -1.32. The van der Waals surface area contributed by atoms with Crippen molar-refractivity contribution in [3.05, 3.63) is 28.3 Å². The molecular formula is C13H13ClFNO4. The zero-order valence-electron chi connectivity index (χ0n) is 11.2. The Morgan fingerprint density at radius 2 is 1.80 bits per heavy atom. The quantitative estimate of drug-likeness (QED) is 0.861. The first-order valence-electron chi connectivity index (χ1n) is 5.80. The molecule has 0 bridgehead atoms. The highest BCUT2D eigenvalue weighted by molar-refractivity contribution is 6.31. The summed E-state index contributed by atoms with van der Waals surface area (Å²) in [6.45, 7) is 4.08. The third kappa shape index (κ3) is 3.14. The van der Waals surface area contributed by atoms with E-state index in [0.717, 1.165) is 11.0 Å². The molecule has 1 rings (SSSR count). The summed E-state index contributed by atoms with van der Waals surface area (Å²) in [6, 6.07) is 2.65. The number of rotatable bonds is 3. The summed E-state index contributed by atoms with van der Waals surface area (Å²) < 4.78 is 12.2. The lowest BCUT2D eigenvalue weighted by Crippen LogP contribution is -2.35. The molecule has 0 aliphatic rings. The molecule has 2 amide bonds. The summed E-state index contributed by atoms with van der Waals surface area (Å²) in [5.74, 6) is -2.51. The van der Waals surface area contributed by atoms with Gasteiger partial charge in [-0.15, -0.1) is 0 Å². The van der Waals surface area contributed by atoms with Gasteiger partial charge >= 0.3 is 5.97 Å². The molecule has 0 N–H and O–H groups in total. The fourth-order valence-electron chi connectivity index (χ4n) is 1.92. The van der Waals surface area contributed by atoms with E-state index in [9.17, 15) is 18.9 Å². The Hall–Kier alpha value is -1.95. The van der Waals surface area contributed by atoms with E-state index < -0.39 is 17.8 Å². The number of aryl methyl sites for hydroxylation is 1. The lowest BCUT2D eigenvalue weighted by molar-refractivity contribution is -0.124. The number of amides is 2.